The highest BCUT2D eigenvalue weighted by molar-refractivity contribution is 4.76. The zero-order valence-corrected chi connectivity index (χ0v) is 8.55. The van der Waals surface area contributed by atoms with Gasteiger partial charge in [0, 0.05) is 0 Å². The highest BCUT2D eigenvalue weighted by Gasteiger charge is 2.24. The van der Waals surface area contributed by atoms with Crippen LogP contribution in [0.25, 0.3) is 0 Å². The highest BCUT2D eigenvalue weighted by Crippen LogP contribution is 2.35. The lowest BCUT2D eigenvalue weighted by atomic mass is 9.87. The molecular weight excluding hydrogens is 146 g/mol. The van der Waals surface area contributed by atoms with E-state index < -0.39 is 0 Å². The third kappa shape index (κ3) is 2.48. The van der Waals surface area contributed by atoms with E-state index in [1.54, 1.807) is 0 Å². The van der Waals surface area contributed by atoms with Crippen LogP contribution >= 0.6 is 0 Å². The summed E-state index contributed by atoms with van der Waals surface area (Å²) in [5.41, 5.74) is 5.71. The van der Waals surface area contributed by atoms with Crippen molar-refractivity contribution in [3.05, 3.63) is 0 Å². The molecule has 0 heterocycles. The van der Waals surface area contributed by atoms with Crippen molar-refractivity contribution in [2.24, 2.45) is 23.5 Å². The maximum Gasteiger partial charge on any atom is -0.00489 e. The Labute approximate surface area is 76.7 Å². The standard InChI is InChI=1S/C11H23N/c1-3-10(8-12)7-11-6-4-5-9(11)2/h9-11H,3-8,12H2,1-2H3. The monoisotopic (exact) mass is 169 g/mol. The molecule has 0 saturated heterocycles. The lowest BCUT2D eigenvalue weighted by Gasteiger charge is -2.20. The van der Waals surface area contributed by atoms with Gasteiger partial charge < -0.3 is 5.73 Å². The fraction of sp³-hybridized carbons (Fsp3) is 1.00. The van der Waals surface area contributed by atoms with Crippen molar-refractivity contribution in [3.63, 3.8) is 0 Å². The molecule has 1 fully saturated rings. The van der Waals surface area contributed by atoms with E-state index in [2.05, 4.69) is 13.8 Å². The molecule has 0 spiro atoms. The number of rotatable bonds is 4. The van der Waals surface area contributed by atoms with Crippen LogP contribution in [0.5, 0.6) is 0 Å². The first kappa shape index (κ1) is 10.0. The van der Waals surface area contributed by atoms with Crippen LogP contribution in [0.15, 0.2) is 0 Å². The molecule has 3 atom stereocenters. The SMILES string of the molecule is CCC(CN)CC1CCCC1C. The molecule has 1 aliphatic carbocycles. The van der Waals surface area contributed by atoms with Crippen molar-refractivity contribution >= 4 is 0 Å². The van der Waals surface area contributed by atoms with Gasteiger partial charge >= 0.3 is 0 Å². The van der Waals surface area contributed by atoms with Gasteiger partial charge in [0.2, 0.25) is 0 Å². The van der Waals surface area contributed by atoms with Crippen LogP contribution in [0.1, 0.15) is 46.0 Å². The van der Waals surface area contributed by atoms with Gasteiger partial charge in [-0.3, -0.25) is 0 Å². The Hall–Kier alpha value is -0.0400. The fourth-order valence-corrected chi connectivity index (χ4v) is 2.43. The summed E-state index contributed by atoms with van der Waals surface area (Å²) in [7, 11) is 0. The molecule has 0 radical (unpaired) electrons. The molecule has 0 aromatic carbocycles. The smallest absolute Gasteiger partial charge is 0.00489 e. The Morgan fingerprint density at radius 2 is 2.17 bits per heavy atom. The molecule has 0 aromatic heterocycles. The second-order valence-corrected chi connectivity index (χ2v) is 4.41. The minimum atomic E-state index is 0.788. The molecule has 1 saturated carbocycles. The molecule has 1 heteroatoms. The van der Waals surface area contributed by atoms with Gasteiger partial charge in [0.15, 0.2) is 0 Å². The molecule has 72 valence electrons. The van der Waals surface area contributed by atoms with Gasteiger partial charge in [0.25, 0.3) is 0 Å². The summed E-state index contributed by atoms with van der Waals surface area (Å²) in [4.78, 5) is 0. The molecule has 0 amide bonds. The van der Waals surface area contributed by atoms with Crippen LogP contribution < -0.4 is 5.73 Å². The normalized spacial score (nSPS) is 32.2. The summed E-state index contributed by atoms with van der Waals surface area (Å²) < 4.78 is 0. The van der Waals surface area contributed by atoms with Crippen molar-refractivity contribution in [3.8, 4) is 0 Å². The molecule has 3 unspecified atom stereocenters. The lowest BCUT2D eigenvalue weighted by Crippen LogP contribution is -2.18. The fourth-order valence-electron chi connectivity index (χ4n) is 2.43. The van der Waals surface area contributed by atoms with E-state index in [1.165, 1.54) is 32.1 Å². The summed E-state index contributed by atoms with van der Waals surface area (Å²) in [5.74, 6) is 2.74. The average molecular weight is 169 g/mol. The highest BCUT2D eigenvalue weighted by atomic mass is 14.5. The summed E-state index contributed by atoms with van der Waals surface area (Å²) in [6.07, 6.45) is 7.00. The second kappa shape index (κ2) is 4.86. The zero-order valence-electron chi connectivity index (χ0n) is 8.55. The summed E-state index contributed by atoms with van der Waals surface area (Å²) in [5, 5.41) is 0. The Bertz CT molecular complexity index is 118. The first-order valence-electron chi connectivity index (χ1n) is 5.48. The lowest BCUT2D eigenvalue weighted by molar-refractivity contribution is 0.315. The van der Waals surface area contributed by atoms with E-state index in [0.29, 0.717) is 0 Å². The van der Waals surface area contributed by atoms with Gasteiger partial charge in [0.1, 0.15) is 0 Å². The third-order valence-corrected chi connectivity index (χ3v) is 3.59. The Balaban J connectivity index is 2.28. The zero-order chi connectivity index (χ0) is 8.97. The minimum Gasteiger partial charge on any atom is -0.330 e. The van der Waals surface area contributed by atoms with Crippen molar-refractivity contribution in [2.75, 3.05) is 6.54 Å². The van der Waals surface area contributed by atoms with E-state index in [0.717, 1.165) is 24.3 Å². The predicted octanol–water partition coefficient (Wildman–Crippen LogP) is 2.80. The quantitative estimate of drug-likeness (QED) is 0.688. The van der Waals surface area contributed by atoms with E-state index in [4.69, 9.17) is 5.73 Å². The molecule has 0 bridgehead atoms. The van der Waals surface area contributed by atoms with Gasteiger partial charge in [-0.1, -0.05) is 39.5 Å². The van der Waals surface area contributed by atoms with Crippen molar-refractivity contribution in [2.45, 2.75) is 46.0 Å². The largest absolute Gasteiger partial charge is 0.330 e. The van der Waals surface area contributed by atoms with Gasteiger partial charge in [-0.15, -0.1) is 0 Å². The van der Waals surface area contributed by atoms with Crippen LogP contribution in [0, 0.1) is 17.8 Å². The predicted molar refractivity (Wildman–Crippen MR) is 54.0 cm³/mol. The van der Waals surface area contributed by atoms with E-state index in [9.17, 15) is 0 Å². The van der Waals surface area contributed by atoms with Crippen LogP contribution in [0.3, 0.4) is 0 Å². The second-order valence-electron chi connectivity index (χ2n) is 4.41. The summed E-state index contributed by atoms with van der Waals surface area (Å²) in [6, 6.07) is 0. The molecule has 12 heavy (non-hydrogen) atoms. The van der Waals surface area contributed by atoms with E-state index in [1.807, 2.05) is 0 Å². The van der Waals surface area contributed by atoms with Gasteiger partial charge in [0.05, 0.1) is 0 Å². The van der Waals surface area contributed by atoms with E-state index >= 15 is 0 Å². The Morgan fingerprint density at radius 1 is 1.42 bits per heavy atom. The Kier molecular flexibility index (Phi) is 4.07. The summed E-state index contributed by atoms with van der Waals surface area (Å²) in [6.45, 7) is 5.55. The van der Waals surface area contributed by atoms with Crippen molar-refractivity contribution in [1.82, 2.24) is 0 Å². The van der Waals surface area contributed by atoms with Crippen molar-refractivity contribution in [1.29, 1.82) is 0 Å². The molecule has 1 aliphatic rings. The maximum atomic E-state index is 5.71. The van der Waals surface area contributed by atoms with Crippen LogP contribution in [-0.2, 0) is 0 Å². The molecule has 0 aliphatic heterocycles. The number of hydrogen-bond acceptors (Lipinski definition) is 1. The molecule has 2 N–H and O–H groups in total. The summed E-state index contributed by atoms with van der Waals surface area (Å²) >= 11 is 0. The van der Waals surface area contributed by atoms with Gasteiger partial charge in [-0.25, -0.2) is 0 Å². The number of hydrogen-bond donors (Lipinski definition) is 1. The maximum absolute atomic E-state index is 5.71. The molecule has 1 nitrogen and oxygen atoms in total. The van der Waals surface area contributed by atoms with Gasteiger partial charge in [-0.2, -0.15) is 0 Å². The third-order valence-electron chi connectivity index (χ3n) is 3.59. The Morgan fingerprint density at radius 3 is 2.58 bits per heavy atom. The molecule has 0 aromatic rings. The van der Waals surface area contributed by atoms with Gasteiger partial charge in [-0.05, 0) is 30.7 Å². The van der Waals surface area contributed by atoms with Crippen molar-refractivity contribution < 1.29 is 0 Å². The van der Waals surface area contributed by atoms with Crippen LogP contribution in [0.2, 0.25) is 0 Å². The average Bonchev–Trinajstić information content (AvgIpc) is 2.47. The first-order chi connectivity index (χ1) is 5.77. The molecule has 1 rings (SSSR count). The first-order valence-corrected chi connectivity index (χ1v) is 5.48. The van der Waals surface area contributed by atoms with E-state index in [-0.39, 0.29) is 0 Å². The minimum absolute atomic E-state index is 0.788. The molecular formula is C11H23N. The topological polar surface area (TPSA) is 26.0 Å². The van der Waals surface area contributed by atoms with Crippen LogP contribution in [0.4, 0.5) is 0 Å². The van der Waals surface area contributed by atoms with Crippen LogP contribution in [-0.4, -0.2) is 6.54 Å². The number of nitrogens with two attached hydrogens (primary N) is 1.